The Morgan fingerprint density at radius 3 is 2.73 bits per heavy atom. The van der Waals surface area contributed by atoms with Crippen LogP contribution in [-0.4, -0.2) is 53.8 Å². The number of aryl methyl sites for hydroxylation is 1. The van der Waals surface area contributed by atoms with Gasteiger partial charge >= 0.3 is 11.8 Å². The number of nitrogens with zero attached hydrogens (tertiary/aromatic N) is 7. The highest BCUT2D eigenvalue weighted by Crippen LogP contribution is 2.35. The van der Waals surface area contributed by atoms with E-state index in [2.05, 4.69) is 54.0 Å². The van der Waals surface area contributed by atoms with Gasteiger partial charge in [-0.05, 0) is 48.4 Å². The van der Waals surface area contributed by atoms with Crippen molar-refractivity contribution in [2.24, 2.45) is 13.0 Å². The molecule has 0 spiro atoms. The van der Waals surface area contributed by atoms with Crippen LogP contribution in [0, 0.1) is 5.92 Å². The summed E-state index contributed by atoms with van der Waals surface area (Å²) >= 11 is 0. The molecule has 1 aromatic carbocycles. The average molecular weight is 542 g/mol. The second kappa shape index (κ2) is 10.5. The van der Waals surface area contributed by atoms with Crippen molar-refractivity contribution in [3.8, 4) is 11.3 Å². The summed E-state index contributed by atoms with van der Waals surface area (Å²) in [6.45, 7) is 8.74. The molecule has 0 saturated heterocycles. The Hall–Kier alpha value is -4.12. The van der Waals surface area contributed by atoms with Crippen LogP contribution in [-0.2, 0) is 19.0 Å². The van der Waals surface area contributed by atoms with Crippen molar-refractivity contribution in [2.45, 2.75) is 58.0 Å². The Morgan fingerprint density at radius 1 is 1.15 bits per heavy atom. The van der Waals surface area contributed by atoms with Crippen LogP contribution in [0.2, 0.25) is 0 Å². The molecule has 1 aliphatic heterocycles. The molecule has 4 aromatic rings. The molecule has 1 fully saturated rings. The fraction of sp³-hybridized carbons (Fsp3) is 0.448. The predicted octanol–water partition coefficient (Wildman–Crippen LogP) is 4.39. The van der Waals surface area contributed by atoms with Crippen molar-refractivity contribution in [2.75, 3.05) is 18.4 Å². The SMILES string of the molecule is Cn1cc(Nc2nccc(-c3ccc4c(c3)CN(CC3CC3)CCC4NC(=O)c3nnc(C(C)(C)C)o3)n2)cn1. The lowest BCUT2D eigenvalue weighted by Gasteiger charge is -2.20. The van der Waals surface area contributed by atoms with Crippen LogP contribution in [0.4, 0.5) is 11.6 Å². The quantitative estimate of drug-likeness (QED) is 0.350. The summed E-state index contributed by atoms with van der Waals surface area (Å²) in [5, 5.41) is 18.7. The Bertz CT molecular complexity index is 1520. The van der Waals surface area contributed by atoms with Crippen molar-refractivity contribution >= 4 is 17.5 Å². The van der Waals surface area contributed by atoms with Gasteiger partial charge in [0.2, 0.25) is 11.8 Å². The molecule has 6 rings (SSSR count). The largest absolute Gasteiger partial charge is 0.416 e. The van der Waals surface area contributed by atoms with Gasteiger partial charge in [0.15, 0.2) is 0 Å². The van der Waals surface area contributed by atoms with Gasteiger partial charge in [-0.2, -0.15) is 5.10 Å². The van der Waals surface area contributed by atoms with Gasteiger partial charge in [-0.15, -0.1) is 10.2 Å². The molecular formula is C29H35N9O2. The molecule has 208 valence electrons. The van der Waals surface area contributed by atoms with Crippen molar-refractivity contribution in [1.82, 2.24) is 40.2 Å². The first-order valence-electron chi connectivity index (χ1n) is 13.8. The molecule has 11 heteroatoms. The molecule has 0 radical (unpaired) electrons. The van der Waals surface area contributed by atoms with E-state index in [4.69, 9.17) is 9.40 Å². The van der Waals surface area contributed by atoms with Crippen molar-refractivity contribution in [3.05, 3.63) is 65.8 Å². The lowest BCUT2D eigenvalue weighted by molar-refractivity contribution is 0.0894. The maximum Gasteiger partial charge on any atom is 0.309 e. The summed E-state index contributed by atoms with van der Waals surface area (Å²) in [6.07, 6.45) is 8.76. The lowest BCUT2D eigenvalue weighted by atomic mass is 9.96. The number of fused-ring (bicyclic) bond motifs is 1. The van der Waals surface area contributed by atoms with E-state index < -0.39 is 0 Å². The van der Waals surface area contributed by atoms with E-state index in [9.17, 15) is 4.79 Å². The van der Waals surface area contributed by atoms with Crippen LogP contribution in [0.1, 0.15) is 73.8 Å². The van der Waals surface area contributed by atoms with E-state index in [-0.39, 0.29) is 23.3 Å². The summed E-state index contributed by atoms with van der Waals surface area (Å²) < 4.78 is 7.44. The van der Waals surface area contributed by atoms with Gasteiger partial charge in [0.1, 0.15) is 0 Å². The second-order valence-electron chi connectivity index (χ2n) is 11.9. The normalized spacial score (nSPS) is 17.8. The number of carbonyl (C=O) groups excluding carboxylic acids is 1. The summed E-state index contributed by atoms with van der Waals surface area (Å²) in [7, 11) is 1.87. The van der Waals surface area contributed by atoms with E-state index in [1.165, 1.54) is 18.4 Å². The molecule has 1 unspecified atom stereocenters. The zero-order valence-corrected chi connectivity index (χ0v) is 23.4. The highest BCUT2D eigenvalue weighted by Gasteiger charge is 2.30. The number of anilines is 2. The molecule has 2 aliphatic rings. The van der Waals surface area contributed by atoms with E-state index in [1.54, 1.807) is 17.1 Å². The van der Waals surface area contributed by atoms with Crippen LogP contribution < -0.4 is 10.6 Å². The first kappa shape index (κ1) is 26.1. The van der Waals surface area contributed by atoms with Crippen LogP contribution >= 0.6 is 0 Å². The Morgan fingerprint density at radius 2 is 2.00 bits per heavy atom. The number of amides is 1. The van der Waals surface area contributed by atoms with Gasteiger partial charge < -0.3 is 15.1 Å². The minimum Gasteiger partial charge on any atom is -0.416 e. The number of hydrogen-bond donors (Lipinski definition) is 2. The van der Waals surface area contributed by atoms with E-state index in [1.807, 2.05) is 40.1 Å². The first-order valence-corrected chi connectivity index (χ1v) is 13.8. The predicted molar refractivity (Wildman–Crippen MR) is 150 cm³/mol. The third-order valence-corrected chi connectivity index (χ3v) is 7.34. The van der Waals surface area contributed by atoms with E-state index in [0.717, 1.165) is 54.5 Å². The molecule has 1 amide bonds. The zero-order chi connectivity index (χ0) is 27.9. The standard InChI is InChI=1S/C29H35N9O2/c1-29(2,3)27-36-35-26(40-27)25(39)33-24-10-12-38(15-18-5-6-18)16-20-13-19(7-8-22(20)24)23-9-11-30-28(34-23)32-21-14-31-37(4)17-21/h7-9,11,13-14,17-18,24H,5-6,10,12,15-16H2,1-4H3,(H,33,39)(H,30,32,34). The molecule has 4 heterocycles. The molecular weight excluding hydrogens is 506 g/mol. The Labute approximate surface area is 233 Å². The molecule has 11 nitrogen and oxygen atoms in total. The van der Waals surface area contributed by atoms with E-state index in [0.29, 0.717) is 11.8 Å². The molecule has 1 atom stereocenters. The van der Waals surface area contributed by atoms with Gasteiger partial charge in [0.05, 0.1) is 23.6 Å². The summed E-state index contributed by atoms with van der Waals surface area (Å²) in [4.78, 5) is 24.8. The Balaban J connectivity index is 1.27. The third kappa shape index (κ3) is 5.89. The third-order valence-electron chi connectivity index (χ3n) is 7.34. The summed E-state index contributed by atoms with van der Waals surface area (Å²) in [5.41, 5.74) is 4.61. The van der Waals surface area contributed by atoms with Crippen molar-refractivity contribution < 1.29 is 9.21 Å². The molecule has 40 heavy (non-hydrogen) atoms. The minimum absolute atomic E-state index is 0.00295. The van der Waals surface area contributed by atoms with Gasteiger partial charge in [-0.3, -0.25) is 14.4 Å². The van der Waals surface area contributed by atoms with Gasteiger partial charge in [-0.1, -0.05) is 32.9 Å². The number of carbonyl (C=O) groups is 1. The molecule has 2 N–H and O–H groups in total. The maximum absolute atomic E-state index is 13.2. The van der Waals surface area contributed by atoms with Crippen LogP contribution in [0.15, 0.2) is 47.3 Å². The fourth-order valence-corrected chi connectivity index (χ4v) is 5.03. The van der Waals surface area contributed by atoms with E-state index >= 15 is 0 Å². The minimum atomic E-state index is -0.347. The smallest absolute Gasteiger partial charge is 0.309 e. The number of nitrogens with one attached hydrogen (secondary N) is 2. The van der Waals surface area contributed by atoms with Crippen LogP contribution in [0.25, 0.3) is 11.3 Å². The summed E-state index contributed by atoms with van der Waals surface area (Å²) in [6, 6.07) is 8.12. The van der Waals surface area contributed by atoms with Gasteiger partial charge in [-0.25, -0.2) is 9.97 Å². The van der Waals surface area contributed by atoms with Gasteiger partial charge in [0, 0.05) is 50.1 Å². The number of benzene rings is 1. The Kier molecular flexibility index (Phi) is 6.83. The van der Waals surface area contributed by atoms with Crippen LogP contribution in [0.3, 0.4) is 0 Å². The van der Waals surface area contributed by atoms with Crippen LogP contribution in [0.5, 0.6) is 0 Å². The number of rotatable bonds is 7. The van der Waals surface area contributed by atoms with Gasteiger partial charge in [0.25, 0.3) is 0 Å². The number of hydrogen-bond acceptors (Lipinski definition) is 9. The maximum atomic E-state index is 13.2. The zero-order valence-electron chi connectivity index (χ0n) is 23.4. The first-order chi connectivity index (χ1) is 19.2. The molecule has 1 saturated carbocycles. The summed E-state index contributed by atoms with van der Waals surface area (Å²) in [5.74, 6) is 1.38. The topological polar surface area (TPSA) is 127 Å². The number of aromatic nitrogens is 6. The molecule has 1 aliphatic carbocycles. The van der Waals surface area contributed by atoms with Crippen molar-refractivity contribution in [1.29, 1.82) is 0 Å². The lowest BCUT2D eigenvalue weighted by Crippen LogP contribution is -2.31. The average Bonchev–Trinajstić information content (AvgIpc) is 3.45. The monoisotopic (exact) mass is 541 g/mol. The second-order valence-corrected chi connectivity index (χ2v) is 11.9. The molecule has 3 aromatic heterocycles. The molecule has 0 bridgehead atoms. The highest BCUT2D eigenvalue weighted by atomic mass is 16.4. The fourth-order valence-electron chi connectivity index (χ4n) is 5.03. The van der Waals surface area contributed by atoms with Crippen molar-refractivity contribution in [3.63, 3.8) is 0 Å². The highest BCUT2D eigenvalue weighted by molar-refractivity contribution is 5.89.